The first kappa shape index (κ1) is 19.4. The van der Waals surface area contributed by atoms with Gasteiger partial charge in [-0.3, -0.25) is 0 Å². The molecule has 0 saturated heterocycles. The third kappa shape index (κ3) is 6.15. The molecular weight excluding hydrogens is 406 g/mol. The number of benzene rings is 2. The highest BCUT2D eigenvalue weighted by Gasteiger charge is 2.09. The number of rotatable bonds is 6. The average Bonchev–Trinajstić information content (AvgIpc) is 2.56. The van der Waals surface area contributed by atoms with Gasteiger partial charge in [0, 0.05) is 16.7 Å². The summed E-state index contributed by atoms with van der Waals surface area (Å²) in [7, 11) is -1.90. The molecule has 0 aliphatic rings. The van der Waals surface area contributed by atoms with E-state index in [1.54, 1.807) is 24.3 Å². The second kappa shape index (κ2) is 8.46. The number of carbonyl (C=O) groups excluding carboxylic acids is 1. The van der Waals surface area contributed by atoms with Crippen LogP contribution in [0.1, 0.15) is 16.7 Å². The Morgan fingerprint density at radius 3 is 2.32 bits per heavy atom. The Kier molecular flexibility index (Phi) is 6.57. The molecule has 25 heavy (non-hydrogen) atoms. The van der Waals surface area contributed by atoms with Crippen LogP contribution in [0.4, 0.5) is 10.5 Å². The topological polar surface area (TPSA) is 87.3 Å². The third-order valence-electron chi connectivity index (χ3n) is 3.58. The fourth-order valence-corrected chi connectivity index (χ4v) is 3.41. The van der Waals surface area contributed by atoms with Gasteiger partial charge in [-0.1, -0.05) is 40.2 Å². The molecule has 0 saturated carbocycles. The molecule has 2 amide bonds. The SMILES string of the molecule is CNS(=O)(=O)Cc1ccc(CNC(=O)Nc2ccc(Br)cc2C)cc1. The van der Waals surface area contributed by atoms with Crippen molar-refractivity contribution in [2.24, 2.45) is 0 Å². The lowest BCUT2D eigenvalue weighted by Crippen LogP contribution is -2.28. The summed E-state index contributed by atoms with van der Waals surface area (Å²) in [5.74, 6) is -0.0689. The van der Waals surface area contributed by atoms with Crippen LogP contribution in [0.2, 0.25) is 0 Å². The van der Waals surface area contributed by atoms with E-state index in [4.69, 9.17) is 0 Å². The molecule has 6 nitrogen and oxygen atoms in total. The lowest BCUT2D eigenvalue weighted by Gasteiger charge is -2.10. The predicted octanol–water partition coefficient (Wildman–Crippen LogP) is 3.13. The van der Waals surface area contributed by atoms with Gasteiger partial charge in [0.2, 0.25) is 10.0 Å². The highest BCUT2D eigenvalue weighted by atomic mass is 79.9. The Morgan fingerprint density at radius 1 is 1.08 bits per heavy atom. The van der Waals surface area contributed by atoms with Gasteiger partial charge < -0.3 is 10.6 Å². The second-order valence-corrected chi connectivity index (χ2v) is 8.39. The summed E-state index contributed by atoms with van der Waals surface area (Å²) in [6, 6.07) is 12.4. The van der Waals surface area contributed by atoms with Crippen molar-refractivity contribution in [1.29, 1.82) is 0 Å². The van der Waals surface area contributed by atoms with Crippen molar-refractivity contribution in [3.05, 3.63) is 63.6 Å². The van der Waals surface area contributed by atoms with Crippen molar-refractivity contribution in [2.75, 3.05) is 12.4 Å². The quantitative estimate of drug-likeness (QED) is 0.664. The van der Waals surface area contributed by atoms with E-state index in [0.29, 0.717) is 12.1 Å². The summed E-state index contributed by atoms with van der Waals surface area (Å²) >= 11 is 3.38. The van der Waals surface area contributed by atoms with Crippen LogP contribution in [0.15, 0.2) is 46.9 Å². The van der Waals surface area contributed by atoms with E-state index in [9.17, 15) is 13.2 Å². The molecule has 0 aromatic heterocycles. The first-order valence-corrected chi connectivity index (χ1v) is 10.0. The number of sulfonamides is 1. The lowest BCUT2D eigenvalue weighted by atomic mass is 10.1. The number of hydrogen-bond donors (Lipinski definition) is 3. The van der Waals surface area contributed by atoms with E-state index in [1.807, 2.05) is 25.1 Å². The Balaban J connectivity index is 1.89. The van der Waals surface area contributed by atoms with Crippen molar-refractivity contribution in [2.45, 2.75) is 19.2 Å². The number of aryl methyl sites for hydroxylation is 1. The highest BCUT2D eigenvalue weighted by molar-refractivity contribution is 9.10. The predicted molar refractivity (Wildman–Crippen MR) is 103 cm³/mol. The Bertz CT molecular complexity index is 852. The maximum Gasteiger partial charge on any atom is 0.319 e. The zero-order chi connectivity index (χ0) is 18.4. The summed E-state index contributed by atoms with van der Waals surface area (Å²) in [6.45, 7) is 2.26. The molecule has 0 radical (unpaired) electrons. The van der Waals surface area contributed by atoms with E-state index in [1.165, 1.54) is 7.05 Å². The molecule has 0 fully saturated rings. The van der Waals surface area contributed by atoms with Crippen molar-refractivity contribution in [1.82, 2.24) is 10.0 Å². The van der Waals surface area contributed by atoms with Crippen LogP contribution in [-0.2, 0) is 22.3 Å². The number of carbonyl (C=O) groups is 1. The molecule has 3 N–H and O–H groups in total. The average molecular weight is 426 g/mol. The molecule has 2 aromatic rings. The van der Waals surface area contributed by atoms with Crippen molar-refractivity contribution in [3.63, 3.8) is 0 Å². The van der Waals surface area contributed by atoms with Gasteiger partial charge in [-0.15, -0.1) is 0 Å². The Morgan fingerprint density at radius 2 is 1.72 bits per heavy atom. The minimum Gasteiger partial charge on any atom is -0.334 e. The van der Waals surface area contributed by atoms with Crippen LogP contribution in [0.5, 0.6) is 0 Å². The van der Waals surface area contributed by atoms with Crippen LogP contribution < -0.4 is 15.4 Å². The number of anilines is 1. The first-order valence-electron chi connectivity index (χ1n) is 7.59. The van der Waals surface area contributed by atoms with Crippen LogP contribution in [-0.4, -0.2) is 21.5 Å². The van der Waals surface area contributed by atoms with Crippen LogP contribution in [0, 0.1) is 6.92 Å². The molecule has 0 unspecified atom stereocenters. The summed E-state index contributed by atoms with van der Waals surface area (Å²) in [5, 5.41) is 5.58. The maximum atomic E-state index is 12.0. The summed E-state index contributed by atoms with van der Waals surface area (Å²) in [4.78, 5) is 12.0. The molecule has 0 spiro atoms. The van der Waals surface area contributed by atoms with E-state index in [-0.39, 0.29) is 11.8 Å². The van der Waals surface area contributed by atoms with Crippen molar-refractivity contribution >= 4 is 37.7 Å². The zero-order valence-electron chi connectivity index (χ0n) is 14.0. The molecule has 0 aliphatic heterocycles. The van der Waals surface area contributed by atoms with Gasteiger partial charge in [0.25, 0.3) is 0 Å². The van der Waals surface area contributed by atoms with Gasteiger partial charge in [0.05, 0.1) is 5.75 Å². The van der Waals surface area contributed by atoms with E-state index in [0.717, 1.165) is 21.3 Å². The molecule has 0 aliphatic carbocycles. The molecule has 8 heteroatoms. The monoisotopic (exact) mass is 425 g/mol. The third-order valence-corrected chi connectivity index (χ3v) is 5.41. The zero-order valence-corrected chi connectivity index (χ0v) is 16.4. The van der Waals surface area contributed by atoms with Gasteiger partial charge in [-0.2, -0.15) is 0 Å². The second-order valence-electron chi connectivity index (χ2n) is 5.55. The van der Waals surface area contributed by atoms with Crippen LogP contribution in [0.25, 0.3) is 0 Å². The number of halogens is 1. The van der Waals surface area contributed by atoms with Crippen molar-refractivity contribution < 1.29 is 13.2 Å². The molecule has 134 valence electrons. The Hall–Kier alpha value is -1.90. The normalized spacial score (nSPS) is 11.2. The van der Waals surface area contributed by atoms with Gasteiger partial charge in [-0.05, 0) is 48.9 Å². The van der Waals surface area contributed by atoms with E-state index >= 15 is 0 Å². The highest BCUT2D eigenvalue weighted by Crippen LogP contribution is 2.19. The van der Waals surface area contributed by atoms with E-state index in [2.05, 4.69) is 31.3 Å². The molecule has 2 rings (SSSR count). The largest absolute Gasteiger partial charge is 0.334 e. The molecular formula is C17H20BrN3O3S. The summed E-state index contributed by atoms with van der Waals surface area (Å²) in [5.41, 5.74) is 3.27. The number of hydrogen-bond acceptors (Lipinski definition) is 3. The molecule has 0 bridgehead atoms. The fourth-order valence-electron chi connectivity index (χ4n) is 2.16. The van der Waals surface area contributed by atoms with Gasteiger partial charge in [-0.25, -0.2) is 17.9 Å². The summed E-state index contributed by atoms with van der Waals surface area (Å²) in [6.07, 6.45) is 0. The van der Waals surface area contributed by atoms with Crippen molar-refractivity contribution in [3.8, 4) is 0 Å². The van der Waals surface area contributed by atoms with Gasteiger partial charge in [0.1, 0.15) is 0 Å². The summed E-state index contributed by atoms with van der Waals surface area (Å²) < 4.78 is 26.3. The fraction of sp³-hybridized carbons (Fsp3) is 0.235. The van der Waals surface area contributed by atoms with Crippen LogP contribution in [0.3, 0.4) is 0 Å². The van der Waals surface area contributed by atoms with Gasteiger partial charge >= 0.3 is 6.03 Å². The lowest BCUT2D eigenvalue weighted by molar-refractivity contribution is 0.251. The minimum atomic E-state index is -3.29. The molecule has 0 atom stereocenters. The Labute approximate surface area is 156 Å². The minimum absolute atomic E-state index is 0.0689. The number of amides is 2. The van der Waals surface area contributed by atoms with Crippen LogP contribution >= 0.6 is 15.9 Å². The number of nitrogens with one attached hydrogen (secondary N) is 3. The smallest absolute Gasteiger partial charge is 0.319 e. The standard InChI is InChI=1S/C17H20BrN3O3S/c1-12-9-15(18)7-8-16(12)21-17(22)20-10-13-3-5-14(6-4-13)11-25(23,24)19-2/h3-9,19H,10-11H2,1-2H3,(H2,20,21,22). The van der Waals surface area contributed by atoms with E-state index < -0.39 is 10.0 Å². The first-order chi connectivity index (χ1) is 11.8. The number of urea groups is 1. The molecule has 0 heterocycles. The van der Waals surface area contributed by atoms with Gasteiger partial charge in [0.15, 0.2) is 0 Å². The maximum absolute atomic E-state index is 12.0. The molecule has 2 aromatic carbocycles.